The van der Waals surface area contributed by atoms with Crippen LogP contribution < -0.4 is 11.1 Å². The molecule has 4 aromatic rings. The number of halogens is 2. The predicted molar refractivity (Wildman–Crippen MR) is 153 cm³/mol. The number of hydrogen-bond acceptors (Lipinski definition) is 8. The van der Waals surface area contributed by atoms with Crippen molar-refractivity contribution in [2.24, 2.45) is 30.5 Å². The first-order chi connectivity index (χ1) is 20.4. The molecule has 4 aliphatic rings. The maximum atomic E-state index is 13.9. The minimum absolute atomic E-state index is 0.0498. The van der Waals surface area contributed by atoms with Gasteiger partial charge in [-0.05, 0) is 74.8 Å². The minimum Gasteiger partial charge on any atom is -0.365 e. The molecule has 12 nitrogen and oxygen atoms in total. The lowest BCUT2D eigenvalue weighted by atomic mass is 9.53. The number of thiophene rings is 1. The van der Waals surface area contributed by atoms with Crippen molar-refractivity contribution in [3.8, 4) is 11.1 Å². The Morgan fingerprint density at radius 2 is 1.79 bits per heavy atom. The molecule has 4 aliphatic carbocycles. The number of carbonyl (C=O) groups excluding carboxylic acids is 2. The van der Waals surface area contributed by atoms with E-state index in [4.69, 9.17) is 5.73 Å². The Morgan fingerprint density at radius 3 is 2.33 bits per heavy atom. The summed E-state index contributed by atoms with van der Waals surface area (Å²) in [6.07, 6.45) is 6.16. The second-order valence-corrected chi connectivity index (χ2v) is 13.2. The molecular formula is C28H28F2N8O4S. The highest BCUT2D eigenvalue weighted by Crippen LogP contribution is 2.59. The summed E-state index contributed by atoms with van der Waals surface area (Å²) < 4.78 is 30.9. The molecule has 224 valence electrons. The first-order valence-corrected chi connectivity index (χ1v) is 14.9. The Bertz CT molecular complexity index is 1810. The predicted octanol–water partition coefficient (Wildman–Crippen LogP) is 5.32. The number of rotatable bonds is 7. The molecule has 4 bridgehead atoms. The average molecular weight is 611 g/mol. The van der Waals surface area contributed by atoms with Crippen LogP contribution in [-0.2, 0) is 12.6 Å². The van der Waals surface area contributed by atoms with E-state index < -0.39 is 40.2 Å². The second-order valence-electron chi connectivity index (χ2n) is 12.2. The third kappa shape index (κ3) is 4.39. The van der Waals surface area contributed by atoms with Crippen LogP contribution in [0.4, 0.5) is 20.2 Å². The summed E-state index contributed by atoms with van der Waals surface area (Å²) in [7, 11) is 1.67. The number of nitro groups is 1. The molecule has 0 unspecified atom stereocenters. The van der Waals surface area contributed by atoms with Crippen LogP contribution in [0.25, 0.3) is 21.3 Å². The summed E-state index contributed by atoms with van der Waals surface area (Å²) in [6, 6.07) is 1.19. The van der Waals surface area contributed by atoms with Gasteiger partial charge in [-0.1, -0.05) is 0 Å². The number of anilines is 1. The van der Waals surface area contributed by atoms with Crippen molar-refractivity contribution in [3.05, 3.63) is 50.5 Å². The van der Waals surface area contributed by atoms with Crippen molar-refractivity contribution in [2.45, 2.75) is 57.4 Å². The number of nitrogens with one attached hydrogen (secondary N) is 1. The smallest absolute Gasteiger partial charge is 0.320 e. The SMILES string of the molecule is Cc1nn(C)cc1-c1cc(C(F)F)nc2sc(C(N)=O)c(NC(=O)c3nn(C45CC6CC(CC(C6)C4)C5)cc3[N+](=O)[O-])c12. The monoisotopic (exact) mass is 610 g/mol. The lowest BCUT2D eigenvalue weighted by Crippen LogP contribution is -2.52. The Kier molecular flexibility index (Phi) is 6.17. The highest BCUT2D eigenvalue weighted by Gasteiger charge is 2.53. The number of carbonyl (C=O) groups is 2. The van der Waals surface area contributed by atoms with E-state index >= 15 is 0 Å². The summed E-state index contributed by atoms with van der Waals surface area (Å²) in [6.45, 7) is 1.70. The minimum atomic E-state index is -2.91. The van der Waals surface area contributed by atoms with E-state index in [1.54, 1.807) is 24.9 Å². The molecule has 4 saturated carbocycles. The second kappa shape index (κ2) is 9.62. The molecule has 0 spiro atoms. The molecule has 0 atom stereocenters. The number of fused-ring (bicyclic) bond motifs is 1. The van der Waals surface area contributed by atoms with Crippen molar-refractivity contribution >= 4 is 44.7 Å². The van der Waals surface area contributed by atoms with E-state index in [1.807, 2.05) is 0 Å². The van der Waals surface area contributed by atoms with Gasteiger partial charge in [-0.15, -0.1) is 11.3 Å². The zero-order valence-electron chi connectivity index (χ0n) is 23.3. The van der Waals surface area contributed by atoms with Crippen LogP contribution in [0.15, 0.2) is 18.5 Å². The molecule has 2 amide bonds. The van der Waals surface area contributed by atoms with E-state index in [0.29, 0.717) is 29.0 Å². The van der Waals surface area contributed by atoms with Gasteiger partial charge in [0, 0.05) is 24.2 Å². The number of aromatic nitrogens is 5. The van der Waals surface area contributed by atoms with Crippen LogP contribution in [0.5, 0.6) is 0 Å². The van der Waals surface area contributed by atoms with E-state index in [2.05, 4.69) is 20.5 Å². The lowest BCUT2D eigenvalue weighted by molar-refractivity contribution is -0.385. The van der Waals surface area contributed by atoms with Crippen LogP contribution in [0.2, 0.25) is 0 Å². The van der Waals surface area contributed by atoms with Crippen LogP contribution in [0.1, 0.15) is 76.5 Å². The van der Waals surface area contributed by atoms with Crippen LogP contribution in [0.3, 0.4) is 0 Å². The van der Waals surface area contributed by atoms with E-state index in [0.717, 1.165) is 49.9 Å². The largest absolute Gasteiger partial charge is 0.365 e. The number of nitrogens with zero attached hydrogens (tertiary/aromatic N) is 6. The quantitative estimate of drug-likeness (QED) is 0.211. The molecule has 4 aromatic heterocycles. The first kappa shape index (κ1) is 27.6. The van der Waals surface area contributed by atoms with Crippen molar-refractivity contribution in [1.82, 2.24) is 24.5 Å². The van der Waals surface area contributed by atoms with Gasteiger partial charge >= 0.3 is 5.69 Å². The van der Waals surface area contributed by atoms with E-state index in [9.17, 15) is 28.5 Å². The van der Waals surface area contributed by atoms with Gasteiger partial charge in [-0.3, -0.25) is 29.1 Å². The number of primary amides is 1. The molecule has 43 heavy (non-hydrogen) atoms. The summed E-state index contributed by atoms with van der Waals surface area (Å²) in [5.74, 6) is -0.199. The first-order valence-electron chi connectivity index (χ1n) is 14.0. The van der Waals surface area contributed by atoms with Gasteiger partial charge in [-0.25, -0.2) is 13.8 Å². The van der Waals surface area contributed by atoms with Crippen LogP contribution in [-0.4, -0.2) is 41.3 Å². The van der Waals surface area contributed by atoms with Gasteiger partial charge < -0.3 is 11.1 Å². The summed E-state index contributed by atoms with van der Waals surface area (Å²) in [4.78, 5) is 41.8. The van der Waals surface area contributed by atoms with E-state index in [-0.39, 0.29) is 31.9 Å². The van der Waals surface area contributed by atoms with Crippen molar-refractivity contribution < 1.29 is 23.3 Å². The molecule has 4 fully saturated rings. The number of aryl methyl sites for hydroxylation is 2. The number of amides is 2. The summed E-state index contributed by atoms with van der Waals surface area (Å²) in [5.41, 5.74) is 5.13. The Labute approximate surface area is 247 Å². The van der Waals surface area contributed by atoms with Crippen molar-refractivity contribution in [1.29, 1.82) is 0 Å². The van der Waals surface area contributed by atoms with Crippen molar-refractivity contribution in [2.75, 3.05) is 5.32 Å². The van der Waals surface area contributed by atoms with Gasteiger partial charge in [0.1, 0.15) is 21.6 Å². The standard InChI is InChI=1S/C28H28F2N8O4S/c1-12-17(10-36(2)34-12)16-6-18(24(29)30)32-27-20(16)22(23(43-27)25(31)39)33-26(40)21-19(38(41)42)11-37(35-21)28-7-13-3-14(8-28)5-15(4-13)9-28/h6,10-11,13-15,24H,3-5,7-9H2,1-2H3,(H2,31,39)(H,33,40). The third-order valence-electron chi connectivity index (χ3n) is 9.27. The highest BCUT2D eigenvalue weighted by atomic mass is 32.1. The molecule has 0 aliphatic heterocycles. The molecule has 0 saturated heterocycles. The molecular weight excluding hydrogens is 582 g/mol. The van der Waals surface area contributed by atoms with Crippen LogP contribution >= 0.6 is 11.3 Å². The molecule has 0 radical (unpaired) electrons. The summed E-state index contributed by atoms with van der Waals surface area (Å²) in [5, 5.41) is 23.8. The van der Waals surface area contributed by atoms with Gasteiger partial charge in [0.05, 0.1) is 21.8 Å². The fraction of sp³-hybridized carbons (Fsp3) is 0.464. The zero-order chi connectivity index (χ0) is 30.4. The molecule has 8 rings (SSSR count). The van der Waals surface area contributed by atoms with Crippen LogP contribution in [0, 0.1) is 34.8 Å². The number of hydrogen-bond donors (Lipinski definition) is 2. The molecule has 3 N–H and O–H groups in total. The van der Waals surface area contributed by atoms with E-state index in [1.165, 1.54) is 16.9 Å². The maximum absolute atomic E-state index is 13.9. The number of nitrogens with two attached hydrogens (primary N) is 1. The highest BCUT2D eigenvalue weighted by molar-refractivity contribution is 7.21. The topological polar surface area (TPSA) is 164 Å². The lowest BCUT2D eigenvalue weighted by Gasteiger charge is -2.56. The molecule has 15 heteroatoms. The van der Waals surface area contributed by atoms with Gasteiger partial charge in [0.15, 0.2) is 0 Å². The molecule has 0 aromatic carbocycles. The normalized spacial score (nSPS) is 24.3. The Morgan fingerprint density at radius 1 is 1.14 bits per heavy atom. The fourth-order valence-corrected chi connectivity index (χ4v) is 9.03. The van der Waals surface area contributed by atoms with Gasteiger partial charge in [0.25, 0.3) is 18.2 Å². The zero-order valence-corrected chi connectivity index (χ0v) is 24.2. The van der Waals surface area contributed by atoms with Crippen molar-refractivity contribution in [3.63, 3.8) is 0 Å². The Balaban J connectivity index is 1.35. The number of alkyl halides is 2. The maximum Gasteiger partial charge on any atom is 0.320 e. The van der Waals surface area contributed by atoms with Gasteiger partial charge in [0.2, 0.25) is 5.69 Å². The number of pyridine rings is 1. The average Bonchev–Trinajstić information content (AvgIpc) is 3.63. The molecule has 4 heterocycles. The summed E-state index contributed by atoms with van der Waals surface area (Å²) >= 11 is 0.756. The fourth-order valence-electron chi connectivity index (χ4n) is 8.02. The Hall–Kier alpha value is -4.27. The third-order valence-corrected chi connectivity index (χ3v) is 10.4. The van der Waals surface area contributed by atoms with Gasteiger partial charge in [-0.2, -0.15) is 10.2 Å².